The molecule has 0 aliphatic carbocycles. The third-order valence-electron chi connectivity index (χ3n) is 12.1. The number of aromatic nitrogens is 1. The van der Waals surface area contributed by atoms with Crippen LogP contribution in [-0.4, -0.2) is 23.8 Å². The molecule has 0 spiro atoms. The Morgan fingerprint density at radius 3 is 1.30 bits per heavy atom. The van der Waals surface area contributed by atoms with E-state index in [0.29, 0.717) is 41.8 Å². The van der Waals surface area contributed by atoms with E-state index < -0.39 is 64.0 Å². The summed E-state index contributed by atoms with van der Waals surface area (Å²) in [7, 11) is 1.50. The summed E-state index contributed by atoms with van der Waals surface area (Å²) < 4.78 is 170. The van der Waals surface area contributed by atoms with E-state index in [1.807, 2.05) is 72.8 Å². The highest BCUT2D eigenvalue weighted by molar-refractivity contribution is 6.16. The van der Waals surface area contributed by atoms with Gasteiger partial charge in [-0.05, 0) is 118 Å². The van der Waals surface area contributed by atoms with Gasteiger partial charge in [0.25, 0.3) is 5.91 Å². The third kappa shape index (κ3) is 9.24. The second kappa shape index (κ2) is 17.7. The molecule has 0 aliphatic rings. The molecule has 1 amide bonds. The van der Waals surface area contributed by atoms with Crippen LogP contribution in [0.1, 0.15) is 43.0 Å². The summed E-state index contributed by atoms with van der Waals surface area (Å²) in [5, 5.41) is 0.110. The van der Waals surface area contributed by atoms with Crippen molar-refractivity contribution < 1.29 is 62.3 Å². The highest BCUT2D eigenvalue weighted by atomic mass is 19.4. The maximum Gasteiger partial charge on any atom is 0.416 e. The first-order valence-electron chi connectivity index (χ1n) is 21.3. The van der Waals surface area contributed by atoms with Crippen LogP contribution in [0, 0.1) is 0 Å². The van der Waals surface area contributed by atoms with Gasteiger partial charge in [0.15, 0.2) is 6.29 Å². The Bertz CT molecular complexity index is 3340. The number of hydrogen-bond donors (Lipinski definition) is 0. The fraction of sp³-hybridized carbons (Fsp3) is 0.0909. The topological polar surface area (TPSA) is 42.3 Å². The van der Waals surface area contributed by atoms with Crippen molar-refractivity contribution in [3.8, 4) is 50.2 Å². The zero-order valence-corrected chi connectivity index (χ0v) is 36.5. The number of anilines is 1. The smallest absolute Gasteiger partial charge is 0.311 e. The van der Waals surface area contributed by atoms with Crippen molar-refractivity contribution in [1.82, 2.24) is 4.57 Å². The number of benzene rings is 8. The molecular weight excluding hydrogens is 949 g/mol. The van der Waals surface area contributed by atoms with Crippen LogP contribution in [-0.2, 0) is 24.7 Å². The molecule has 0 aliphatic heterocycles. The van der Waals surface area contributed by atoms with Crippen molar-refractivity contribution >= 4 is 39.7 Å². The molecular formula is C55H32F12N2O2. The fourth-order valence-electron chi connectivity index (χ4n) is 8.72. The molecule has 0 N–H and O–H groups in total. The second-order valence-corrected chi connectivity index (χ2v) is 16.6. The van der Waals surface area contributed by atoms with E-state index in [1.54, 1.807) is 6.07 Å². The highest BCUT2D eigenvalue weighted by Gasteiger charge is 2.39. The number of halogens is 12. The molecule has 4 nitrogen and oxygen atoms in total. The van der Waals surface area contributed by atoms with Gasteiger partial charge >= 0.3 is 24.7 Å². The first-order chi connectivity index (χ1) is 33.5. The fourth-order valence-corrected chi connectivity index (χ4v) is 8.72. The van der Waals surface area contributed by atoms with Gasteiger partial charge in [-0.1, -0.05) is 91.0 Å². The number of hydrogen-bond acceptors (Lipinski definition) is 2. The SMILES string of the molecule is CN(C(=O)c1c(C=O)cccc1-n1c2ccc(-c3cc(C(F)(F)F)cc(C(F)(F)F)c3)cc2c2cc(-c3cc(C(F)(F)F)cc(C(F)(F)F)c3)ccc21)c1ccc(-c2ccccc2)cc1-c1ccccc1. The van der Waals surface area contributed by atoms with E-state index in [-0.39, 0.29) is 61.9 Å². The Morgan fingerprint density at radius 2 is 0.859 bits per heavy atom. The molecule has 0 bridgehead atoms. The molecule has 0 atom stereocenters. The van der Waals surface area contributed by atoms with Gasteiger partial charge in [0.2, 0.25) is 0 Å². The molecule has 1 aromatic heterocycles. The molecule has 1 heterocycles. The maximum absolute atomic E-state index is 15.2. The summed E-state index contributed by atoms with van der Waals surface area (Å²) in [4.78, 5) is 29.4. The number of amides is 1. The van der Waals surface area contributed by atoms with Crippen LogP contribution in [0.15, 0.2) is 170 Å². The van der Waals surface area contributed by atoms with Gasteiger partial charge in [0, 0.05) is 28.9 Å². The first-order valence-corrected chi connectivity index (χ1v) is 21.3. The quantitative estimate of drug-likeness (QED) is 0.112. The standard InChI is InChI=1S/C55H32F12N2O2/c1-68(46-18-15-33(31-9-4-2-5-10-31)25-43(46)32-11-6-3-7-12-32)51(71)50-36(30-70)13-8-14-49(50)69-47-19-16-34(37-21-39(52(56,57)58)28-40(22-37)53(59,60)61)26-44(47)45-27-35(17-20-48(45)69)38-23-41(54(62,63)64)29-42(24-38)55(65,66)67/h2-30H,1H3. The third-order valence-corrected chi connectivity index (χ3v) is 12.1. The molecule has 0 saturated carbocycles. The average Bonchev–Trinajstić information content (AvgIpc) is 3.67. The van der Waals surface area contributed by atoms with Gasteiger partial charge in [0.05, 0.1) is 50.2 Å². The Labute approximate surface area is 395 Å². The van der Waals surface area contributed by atoms with Crippen LogP contribution in [0.5, 0.6) is 0 Å². The van der Waals surface area contributed by atoms with Crippen molar-refractivity contribution in [2.75, 3.05) is 11.9 Å². The molecule has 9 rings (SSSR count). The molecule has 0 fully saturated rings. The van der Waals surface area contributed by atoms with Gasteiger partial charge in [-0.15, -0.1) is 0 Å². The summed E-state index contributed by atoms with van der Waals surface area (Å²) in [5.41, 5.74) is -4.27. The lowest BCUT2D eigenvalue weighted by Gasteiger charge is -2.24. The predicted octanol–water partition coefficient (Wildman–Crippen LogP) is 16.6. The largest absolute Gasteiger partial charge is 0.416 e. The number of alkyl halides is 12. The molecule has 0 radical (unpaired) electrons. The van der Waals surface area contributed by atoms with Gasteiger partial charge < -0.3 is 9.47 Å². The molecule has 9 aromatic rings. The number of rotatable bonds is 8. The summed E-state index contributed by atoms with van der Waals surface area (Å²) in [6, 6.07) is 38.0. The number of fused-ring (bicyclic) bond motifs is 3. The Balaban J connectivity index is 1.29. The molecule has 71 heavy (non-hydrogen) atoms. The lowest BCUT2D eigenvalue weighted by atomic mass is 9.96. The van der Waals surface area contributed by atoms with Crippen LogP contribution >= 0.6 is 0 Å². The highest BCUT2D eigenvalue weighted by Crippen LogP contribution is 2.44. The van der Waals surface area contributed by atoms with Crippen molar-refractivity contribution in [2.24, 2.45) is 0 Å². The van der Waals surface area contributed by atoms with Crippen LogP contribution in [0.3, 0.4) is 0 Å². The lowest BCUT2D eigenvalue weighted by molar-refractivity contribution is -0.144. The average molecular weight is 981 g/mol. The summed E-state index contributed by atoms with van der Waals surface area (Å²) in [6.07, 6.45) is -20.4. The van der Waals surface area contributed by atoms with Crippen molar-refractivity contribution in [2.45, 2.75) is 24.7 Å². The van der Waals surface area contributed by atoms with E-state index in [1.165, 1.54) is 71.1 Å². The summed E-state index contributed by atoms with van der Waals surface area (Å²) >= 11 is 0. The number of carbonyl (C=O) groups excluding carboxylic acids is 2. The molecule has 8 aromatic carbocycles. The Hall–Kier alpha value is -8.14. The van der Waals surface area contributed by atoms with Crippen molar-refractivity contribution in [3.05, 3.63) is 203 Å². The Kier molecular flexibility index (Phi) is 11.9. The van der Waals surface area contributed by atoms with Gasteiger partial charge in [-0.25, -0.2) is 0 Å². The van der Waals surface area contributed by atoms with E-state index in [4.69, 9.17) is 0 Å². The minimum Gasteiger partial charge on any atom is -0.311 e. The second-order valence-electron chi connectivity index (χ2n) is 16.6. The lowest BCUT2D eigenvalue weighted by Crippen LogP contribution is -2.29. The zero-order valence-electron chi connectivity index (χ0n) is 36.5. The van der Waals surface area contributed by atoms with Crippen LogP contribution < -0.4 is 4.90 Å². The number of nitrogens with zero attached hydrogens (tertiary/aromatic N) is 2. The minimum atomic E-state index is -5.21. The van der Waals surface area contributed by atoms with Gasteiger partial charge in [-0.3, -0.25) is 9.59 Å². The van der Waals surface area contributed by atoms with E-state index in [9.17, 15) is 57.5 Å². The van der Waals surface area contributed by atoms with Gasteiger partial charge in [-0.2, -0.15) is 52.7 Å². The van der Waals surface area contributed by atoms with E-state index in [2.05, 4.69) is 0 Å². The molecule has 0 saturated heterocycles. The van der Waals surface area contributed by atoms with E-state index >= 15 is 4.79 Å². The Morgan fingerprint density at radius 1 is 0.437 bits per heavy atom. The van der Waals surface area contributed by atoms with Crippen molar-refractivity contribution in [1.29, 1.82) is 0 Å². The monoisotopic (exact) mass is 980 g/mol. The normalized spacial score (nSPS) is 12.4. The van der Waals surface area contributed by atoms with Crippen molar-refractivity contribution in [3.63, 3.8) is 0 Å². The first kappa shape index (κ1) is 47.9. The molecule has 0 unspecified atom stereocenters. The van der Waals surface area contributed by atoms with E-state index in [0.717, 1.165) is 16.7 Å². The maximum atomic E-state index is 15.2. The predicted molar refractivity (Wildman–Crippen MR) is 247 cm³/mol. The number of aldehydes is 1. The molecule has 16 heteroatoms. The molecule has 358 valence electrons. The minimum absolute atomic E-state index is 0.0412. The van der Waals surface area contributed by atoms with Gasteiger partial charge in [0.1, 0.15) is 0 Å². The van der Waals surface area contributed by atoms with Crippen LogP contribution in [0.25, 0.3) is 72.0 Å². The summed E-state index contributed by atoms with van der Waals surface area (Å²) in [5.74, 6) is -0.706. The van der Waals surface area contributed by atoms with Crippen LogP contribution in [0.2, 0.25) is 0 Å². The van der Waals surface area contributed by atoms with Crippen LogP contribution in [0.4, 0.5) is 58.4 Å². The number of carbonyl (C=O) groups is 2. The zero-order chi connectivity index (χ0) is 50.8. The summed E-state index contributed by atoms with van der Waals surface area (Å²) in [6.45, 7) is 0.